The molecule has 0 N–H and O–H groups in total. The van der Waals surface area contributed by atoms with E-state index in [0.717, 1.165) is 28.3 Å². The summed E-state index contributed by atoms with van der Waals surface area (Å²) in [5.74, 6) is 0. The first kappa shape index (κ1) is 43.0. The molecule has 1 spiro atoms. The van der Waals surface area contributed by atoms with Crippen molar-refractivity contribution in [2.24, 2.45) is 0 Å². The zero-order valence-electron chi connectivity index (χ0n) is 42.3. The lowest BCUT2D eigenvalue weighted by Crippen LogP contribution is -2.26. The van der Waals surface area contributed by atoms with Crippen molar-refractivity contribution in [2.75, 3.05) is 4.90 Å². The highest BCUT2D eigenvalue weighted by atomic mass is 15.1. The number of anilines is 3. The molecule has 16 rings (SSSR count). The first-order valence-corrected chi connectivity index (χ1v) is 26.7. The number of benzene rings is 12. The minimum Gasteiger partial charge on any atom is -0.310 e. The summed E-state index contributed by atoms with van der Waals surface area (Å²) in [7, 11) is 0. The molecule has 12 aromatic carbocycles. The molecule has 13 aromatic rings. The van der Waals surface area contributed by atoms with Gasteiger partial charge in [-0.3, -0.25) is 0 Å². The number of rotatable bonds is 6. The predicted molar refractivity (Wildman–Crippen MR) is 318 cm³/mol. The molecule has 0 aliphatic heterocycles. The fourth-order valence-corrected chi connectivity index (χ4v) is 14.1. The third kappa shape index (κ3) is 5.87. The van der Waals surface area contributed by atoms with Gasteiger partial charge in [-0.25, -0.2) is 0 Å². The van der Waals surface area contributed by atoms with Crippen LogP contribution in [0.4, 0.5) is 17.1 Å². The number of nitrogens with zero attached hydrogens (tertiary/aromatic N) is 2. The molecule has 0 amide bonds. The summed E-state index contributed by atoms with van der Waals surface area (Å²) in [5.41, 5.74) is 27.1. The smallest absolute Gasteiger partial charge is 0.0731 e. The quantitative estimate of drug-likeness (QED) is 0.161. The van der Waals surface area contributed by atoms with Crippen molar-refractivity contribution in [1.82, 2.24) is 4.57 Å². The Morgan fingerprint density at radius 3 is 1.53 bits per heavy atom. The Hall–Kier alpha value is -9.50. The molecule has 0 saturated carbocycles. The molecular formula is C74H50N2. The molecule has 0 atom stereocenters. The molecule has 0 bridgehead atoms. The van der Waals surface area contributed by atoms with Gasteiger partial charge in [-0.05, 0) is 143 Å². The summed E-state index contributed by atoms with van der Waals surface area (Å²) < 4.78 is 2.52. The van der Waals surface area contributed by atoms with Crippen LogP contribution in [-0.4, -0.2) is 4.57 Å². The number of fused-ring (bicyclic) bond motifs is 18. The molecular weight excluding hydrogens is 917 g/mol. The van der Waals surface area contributed by atoms with Crippen LogP contribution in [0, 0.1) is 0 Å². The second-order valence-corrected chi connectivity index (χ2v) is 21.5. The standard InChI is InChI=1S/C74H50N2/c1-73(2)65-27-12-8-21-57(65)61-43-40-53(45-69(61)73)75(51-36-31-48(32-37-51)47-17-4-3-5-18-47)54-41-44-62-64-42-35-49-19-6-7-20-56(49)72(64)76(70(62)46-54)52-38-33-50(34-39-52)55-25-16-26-63-60-24-11-15-30-68(60)74(71(55)63)66-28-13-9-22-58(66)59-23-10-14-29-67(59)74/h3-46H,1-2H3. The highest BCUT2D eigenvalue weighted by Crippen LogP contribution is 2.64. The van der Waals surface area contributed by atoms with E-state index in [4.69, 9.17) is 0 Å². The first-order valence-electron chi connectivity index (χ1n) is 26.7. The minimum atomic E-state index is -0.442. The zero-order chi connectivity index (χ0) is 50.3. The van der Waals surface area contributed by atoms with Gasteiger partial charge < -0.3 is 9.47 Å². The van der Waals surface area contributed by atoms with Gasteiger partial charge in [-0.1, -0.05) is 232 Å². The fourth-order valence-electron chi connectivity index (χ4n) is 14.1. The Kier molecular flexibility index (Phi) is 9.04. The summed E-state index contributed by atoms with van der Waals surface area (Å²) >= 11 is 0. The van der Waals surface area contributed by atoms with Crippen LogP contribution in [0.15, 0.2) is 267 Å². The van der Waals surface area contributed by atoms with E-state index in [-0.39, 0.29) is 5.41 Å². The van der Waals surface area contributed by atoms with Crippen molar-refractivity contribution in [2.45, 2.75) is 24.7 Å². The summed E-state index contributed by atoms with van der Waals surface area (Å²) in [6, 6.07) is 100. The van der Waals surface area contributed by atoms with Gasteiger partial charge in [-0.15, -0.1) is 0 Å². The Morgan fingerprint density at radius 1 is 0.316 bits per heavy atom. The van der Waals surface area contributed by atoms with Gasteiger partial charge in [0.2, 0.25) is 0 Å². The third-order valence-corrected chi connectivity index (χ3v) is 17.4. The molecule has 2 nitrogen and oxygen atoms in total. The molecule has 76 heavy (non-hydrogen) atoms. The summed E-state index contributed by atoms with van der Waals surface area (Å²) in [5, 5.41) is 4.91. The normalized spacial score (nSPS) is 13.9. The van der Waals surface area contributed by atoms with Crippen molar-refractivity contribution in [1.29, 1.82) is 0 Å². The van der Waals surface area contributed by atoms with Crippen molar-refractivity contribution in [3.63, 3.8) is 0 Å². The monoisotopic (exact) mass is 966 g/mol. The summed E-state index contributed by atoms with van der Waals surface area (Å²) in [4.78, 5) is 2.46. The van der Waals surface area contributed by atoms with E-state index in [9.17, 15) is 0 Å². The van der Waals surface area contributed by atoms with Crippen LogP contribution in [0.5, 0.6) is 0 Å². The number of hydrogen-bond donors (Lipinski definition) is 0. The molecule has 3 aliphatic rings. The van der Waals surface area contributed by atoms with E-state index >= 15 is 0 Å². The summed E-state index contributed by atoms with van der Waals surface area (Å²) in [6.07, 6.45) is 0. The molecule has 356 valence electrons. The minimum absolute atomic E-state index is 0.148. The van der Waals surface area contributed by atoms with Crippen molar-refractivity contribution < 1.29 is 0 Å². The average Bonchev–Trinajstić information content (AvgIpc) is 4.36. The van der Waals surface area contributed by atoms with Crippen molar-refractivity contribution in [3.05, 3.63) is 300 Å². The highest BCUT2D eigenvalue weighted by Gasteiger charge is 2.52. The average molecular weight is 967 g/mol. The maximum absolute atomic E-state index is 2.52. The maximum Gasteiger partial charge on any atom is 0.0731 e. The van der Waals surface area contributed by atoms with E-state index in [1.807, 2.05) is 0 Å². The first-order chi connectivity index (χ1) is 37.5. The lowest BCUT2D eigenvalue weighted by atomic mass is 9.68. The van der Waals surface area contributed by atoms with Gasteiger partial charge in [0.25, 0.3) is 0 Å². The van der Waals surface area contributed by atoms with Crippen molar-refractivity contribution in [3.8, 4) is 61.3 Å². The molecule has 0 radical (unpaired) electrons. The molecule has 0 fully saturated rings. The van der Waals surface area contributed by atoms with E-state index in [1.54, 1.807) is 0 Å². The van der Waals surface area contributed by atoms with E-state index in [0.29, 0.717) is 0 Å². The topological polar surface area (TPSA) is 8.17 Å². The molecule has 1 aromatic heterocycles. The Bertz CT molecular complexity index is 4470. The second-order valence-electron chi connectivity index (χ2n) is 21.5. The van der Waals surface area contributed by atoms with Crippen LogP contribution in [0.2, 0.25) is 0 Å². The largest absolute Gasteiger partial charge is 0.310 e. The molecule has 2 heteroatoms. The Morgan fingerprint density at radius 2 is 0.816 bits per heavy atom. The van der Waals surface area contributed by atoms with Crippen LogP contribution in [0.3, 0.4) is 0 Å². The molecule has 1 heterocycles. The van der Waals surface area contributed by atoms with Gasteiger partial charge in [0.05, 0.1) is 16.4 Å². The van der Waals surface area contributed by atoms with Gasteiger partial charge in [0, 0.05) is 44.3 Å². The van der Waals surface area contributed by atoms with Crippen LogP contribution >= 0.6 is 0 Å². The third-order valence-electron chi connectivity index (χ3n) is 17.4. The fraction of sp³-hybridized carbons (Fsp3) is 0.0541. The SMILES string of the molecule is CC1(C)c2ccccc2-c2ccc(N(c3ccc(-c4ccccc4)cc3)c3ccc4c5ccc6ccccc6c5n(-c5ccc(-c6cccc7c6C6(c8ccccc8-c8ccccc86)c6ccccc6-7)cc5)c4c3)cc21. The van der Waals surface area contributed by atoms with E-state index < -0.39 is 5.41 Å². The lowest BCUT2D eigenvalue weighted by molar-refractivity contribution is 0.660. The van der Waals surface area contributed by atoms with Crippen LogP contribution < -0.4 is 4.90 Å². The highest BCUT2D eigenvalue weighted by molar-refractivity contribution is 6.19. The van der Waals surface area contributed by atoms with Crippen LogP contribution in [-0.2, 0) is 10.8 Å². The van der Waals surface area contributed by atoms with E-state index in [1.165, 1.54) is 116 Å². The number of hydrogen-bond acceptors (Lipinski definition) is 1. The van der Waals surface area contributed by atoms with Gasteiger partial charge in [0.1, 0.15) is 0 Å². The lowest BCUT2D eigenvalue weighted by Gasteiger charge is -2.32. The van der Waals surface area contributed by atoms with Gasteiger partial charge in [0.15, 0.2) is 0 Å². The van der Waals surface area contributed by atoms with Crippen LogP contribution in [0.25, 0.3) is 93.9 Å². The molecule has 0 saturated heterocycles. The number of aromatic nitrogens is 1. The zero-order valence-corrected chi connectivity index (χ0v) is 42.3. The van der Waals surface area contributed by atoms with Gasteiger partial charge in [-0.2, -0.15) is 0 Å². The van der Waals surface area contributed by atoms with Gasteiger partial charge >= 0.3 is 0 Å². The molecule has 3 aliphatic carbocycles. The van der Waals surface area contributed by atoms with Crippen LogP contribution in [0.1, 0.15) is 47.2 Å². The predicted octanol–water partition coefficient (Wildman–Crippen LogP) is 19.4. The molecule has 0 unspecified atom stereocenters. The summed E-state index contributed by atoms with van der Waals surface area (Å²) in [6.45, 7) is 4.74. The maximum atomic E-state index is 2.52. The Labute approximate surface area is 443 Å². The van der Waals surface area contributed by atoms with Crippen molar-refractivity contribution >= 4 is 49.6 Å². The Balaban J connectivity index is 0.894. The second kappa shape index (κ2) is 16.0. The van der Waals surface area contributed by atoms with E-state index in [2.05, 4.69) is 290 Å².